The molecule has 9 aromatic carbocycles. The van der Waals surface area contributed by atoms with Crippen molar-refractivity contribution in [2.24, 2.45) is 0 Å². The first-order chi connectivity index (χ1) is 31.7. The number of pyridine rings is 1. The maximum absolute atomic E-state index is 6.54. The van der Waals surface area contributed by atoms with Crippen LogP contribution in [0.5, 0.6) is 0 Å². The normalized spacial score (nSPS) is 11.8. The first-order valence-corrected chi connectivity index (χ1v) is 21.5. The van der Waals surface area contributed by atoms with Crippen molar-refractivity contribution >= 4 is 65.4 Å². The minimum atomic E-state index is 0.611. The lowest BCUT2D eigenvalue weighted by molar-refractivity contribution is 0.669. The van der Waals surface area contributed by atoms with Gasteiger partial charge in [-0.2, -0.15) is 0 Å². The number of hydrogen-bond donors (Lipinski definition) is 0. The largest absolute Gasteiger partial charge is 0.456 e. The molecule has 0 atom stereocenters. The third-order valence-corrected chi connectivity index (χ3v) is 12.4. The standard InChI is InChI=1S/C58H35N5O/c1-4-14-37(15-5-1)55-45-30-33-52-54(53(45)44-21-10-12-22-48(44)59-55)47-34-40(29-32-51(47)64-52)36-24-26-39(27-25-36)57-60-56(38-16-6-2-7-17-38)61-58(62-57)41-28-31-50-46(35-41)43-20-11-13-23-49(43)63(50)42-18-8-3-9-19-42/h1-35H. The summed E-state index contributed by atoms with van der Waals surface area (Å²) in [5, 5.41) is 7.82. The van der Waals surface area contributed by atoms with Crippen molar-refractivity contribution in [3.63, 3.8) is 0 Å². The van der Waals surface area contributed by atoms with E-state index >= 15 is 0 Å². The number of hydrogen-bond acceptors (Lipinski definition) is 5. The van der Waals surface area contributed by atoms with E-state index in [2.05, 4.69) is 180 Å². The average Bonchev–Trinajstić information content (AvgIpc) is 3.92. The highest BCUT2D eigenvalue weighted by molar-refractivity contribution is 6.28. The van der Waals surface area contributed by atoms with Gasteiger partial charge in [0.2, 0.25) is 0 Å². The summed E-state index contributed by atoms with van der Waals surface area (Å²) >= 11 is 0. The first kappa shape index (κ1) is 36.0. The Labute approximate surface area is 367 Å². The second kappa shape index (κ2) is 14.4. The van der Waals surface area contributed by atoms with Crippen LogP contribution in [0.25, 0.3) is 128 Å². The van der Waals surface area contributed by atoms with Gasteiger partial charge >= 0.3 is 0 Å². The van der Waals surface area contributed by atoms with Crippen LogP contribution in [-0.2, 0) is 0 Å². The third kappa shape index (κ3) is 5.81. The van der Waals surface area contributed by atoms with Crippen molar-refractivity contribution in [3.05, 3.63) is 212 Å². The van der Waals surface area contributed by atoms with Gasteiger partial charge in [0.05, 0.1) is 22.2 Å². The smallest absolute Gasteiger partial charge is 0.164 e. The Morgan fingerprint density at radius 2 is 0.859 bits per heavy atom. The van der Waals surface area contributed by atoms with E-state index in [1.807, 2.05) is 36.4 Å². The predicted molar refractivity (Wildman–Crippen MR) is 261 cm³/mol. The van der Waals surface area contributed by atoms with Gasteiger partial charge in [0, 0.05) is 65.6 Å². The minimum Gasteiger partial charge on any atom is -0.456 e. The van der Waals surface area contributed by atoms with Gasteiger partial charge in [0.15, 0.2) is 17.5 Å². The summed E-state index contributed by atoms with van der Waals surface area (Å²) < 4.78 is 8.86. The Bertz CT molecular complexity index is 3930. The Balaban J connectivity index is 0.929. The third-order valence-electron chi connectivity index (χ3n) is 12.4. The summed E-state index contributed by atoms with van der Waals surface area (Å²) in [6.45, 7) is 0. The molecule has 0 amide bonds. The van der Waals surface area contributed by atoms with E-state index in [9.17, 15) is 0 Å². The van der Waals surface area contributed by atoms with Gasteiger partial charge in [-0.3, -0.25) is 0 Å². The molecule has 0 spiro atoms. The molecule has 0 saturated carbocycles. The highest BCUT2D eigenvalue weighted by Gasteiger charge is 2.20. The van der Waals surface area contributed by atoms with Crippen LogP contribution in [0.3, 0.4) is 0 Å². The molecule has 0 bridgehead atoms. The molecular formula is C58H35N5O. The van der Waals surface area contributed by atoms with Crippen LogP contribution >= 0.6 is 0 Å². The zero-order valence-corrected chi connectivity index (χ0v) is 34.4. The molecule has 0 fully saturated rings. The predicted octanol–water partition coefficient (Wildman–Crippen LogP) is 14.9. The highest BCUT2D eigenvalue weighted by atomic mass is 16.3. The van der Waals surface area contributed by atoms with E-state index in [4.69, 9.17) is 24.4 Å². The molecular weight excluding hydrogens is 783 g/mol. The molecule has 0 N–H and O–H groups in total. The molecule has 0 aliphatic carbocycles. The van der Waals surface area contributed by atoms with Crippen LogP contribution in [0, 0.1) is 0 Å². The minimum absolute atomic E-state index is 0.611. The fraction of sp³-hybridized carbons (Fsp3) is 0. The lowest BCUT2D eigenvalue weighted by atomic mass is 9.95. The zero-order valence-electron chi connectivity index (χ0n) is 34.4. The molecule has 0 radical (unpaired) electrons. The van der Waals surface area contributed by atoms with Crippen LogP contribution in [-0.4, -0.2) is 24.5 Å². The summed E-state index contributed by atoms with van der Waals surface area (Å²) in [6.07, 6.45) is 0. The molecule has 64 heavy (non-hydrogen) atoms. The van der Waals surface area contributed by atoms with Crippen LogP contribution < -0.4 is 0 Å². The van der Waals surface area contributed by atoms with E-state index in [0.29, 0.717) is 17.5 Å². The van der Waals surface area contributed by atoms with E-state index in [0.717, 1.165) is 105 Å². The Morgan fingerprint density at radius 1 is 0.312 bits per heavy atom. The molecule has 6 nitrogen and oxygen atoms in total. The van der Waals surface area contributed by atoms with Crippen LogP contribution in [0.2, 0.25) is 0 Å². The van der Waals surface area contributed by atoms with E-state index in [1.165, 1.54) is 5.39 Å². The van der Waals surface area contributed by atoms with Crippen molar-refractivity contribution < 1.29 is 4.42 Å². The fourth-order valence-electron chi connectivity index (χ4n) is 9.43. The quantitative estimate of drug-likeness (QED) is 0.156. The van der Waals surface area contributed by atoms with Crippen LogP contribution in [0.4, 0.5) is 0 Å². The summed E-state index contributed by atoms with van der Waals surface area (Å²) in [5.41, 5.74) is 13.0. The number of aromatic nitrogens is 5. The molecule has 298 valence electrons. The first-order valence-electron chi connectivity index (χ1n) is 21.5. The number of rotatable bonds is 6. The highest BCUT2D eigenvalue weighted by Crippen LogP contribution is 2.42. The molecule has 0 aliphatic rings. The Kier molecular flexibility index (Phi) is 8.11. The van der Waals surface area contributed by atoms with E-state index in [-0.39, 0.29) is 0 Å². The summed E-state index contributed by atoms with van der Waals surface area (Å²) in [5.74, 6) is 1.85. The number of fused-ring (bicyclic) bond motifs is 10. The monoisotopic (exact) mass is 817 g/mol. The maximum atomic E-state index is 6.54. The SMILES string of the molecule is c1ccc(-c2nc(-c3ccc(-c4ccc5oc6ccc7c(-c8ccccc8)nc8ccccc8c7c6c5c4)cc3)nc(-c3ccc4c(c3)c3ccccc3n4-c3ccccc3)n2)cc1. The van der Waals surface area contributed by atoms with Crippen LogP contribution in [0.1, 0.15) is 0 Å². The van der Waals surface area contributed by atoms with Crippen molar-refractivity contribution in [2.45, 2.75) is 0 Å². The fourth-order valence-corrected chi connectivity index (χ4v) is 9.43. The van der Waals surface area contributed by atoms with Crippen LogP contribution in [0.15, 0.2) is 217 Å². The number of para-hydroxylation sites is 3. The molecule has 13 rings (SSSR count). The maximum Gasteiger partial charge on any atom is 0.164 e. The van der Waals surface area contributed by atoms with Gasteiger partial charge < -0.3 is 8.98 Å². The second-order valence-electron chi connectivity index (χ2n) is 16.2. The zero-order chi connectivity index (χ0) is 42.1. The molecule has 13 aromatic rings. The summed E-state index contributed by atoms with van der Waals surface area (Å²) in [6, 6.07) is 73.8. The topological polar surface area (TPSA) is 69.6 Å². The number of furan rings is 1. The van der Waals surface area contributed by atoms with Crippen molar-refractivity contribution in [3.8, 4) is 62.2 Å². The van der Waals surface area contributed by atoms with Gasteiger partial charge in [-0.1, -0.05) is 146 Å². The lowest BCUT2D eigenvalue weighted by Gasteiger charge is -2.11. The van der Waals surface area contributed by atoms with Crippen molar-refractivity contribution in [1.29, 1.82) is 0 Å². The van der Waals surface area contributed by atoms with Gasteiger partial charge in [-0.15, -0.1) is 0 Å². The van der Waals surface area contributed by atoms with Gasteiger partial charge in [-0.05, 0) is 77.9 Å². The van der Waals surface area contributed by atoms with Gasteiger partial charge in [0.25, 0.3) is 0 Å². The Morgan fingerprint density at radius 3 is 1.62 bits per heavy atom. The molecule has 6 heteroatoms. The summed E-state index contributed by atoms with van der Waals surface area (Å²) in [7, 11) is 0. The van der Waals surface area contributed by atoms with E-state index < -0.39 is 0 Å². The number of benzene rings is 9. The van der Waals surface area contributed by atoms with Crippen molar-refractivity contribution in [2.75, 3.05) is 0 Å². The second-order valence-corrected chi connectivity index (χ2v) is 16.2. The molecule has 0 unspecified atom stereocenters. The lowest BCUT2D eigenvalue weighted by Crippen LogP contribution is -2.00. The van der Waals surface area contributed by atoms with Crippen molar-refractivity contribution in [1.82, 2.24) is 24.5 Å². The van der Waals surface area contributed by atoms with Gasteiger partial charge in [-0.25, -0.2) is 19.9 Å². The Hall–Kier alpha value is -8.74. The van der Waals surface area contributed by atoms with E-state index in [1.54, 1.807) is 0 Å². The summed E-state index contributed by atoms with van der Waals surface area (Å²) in [4.78, 5) is 20.5. The molecule has 0 saturated heterocycles. The average molecular weight is 818 g/mol. The molecule has 4 heterocycles. The van der Waals surface area contributed by atoms with Gasteiger partial charge in [0.1, 0.15) is 11.2 Å². The number of nitrogens with zero attached hydrogens (tertiary/aromatic N) is 5. The molecule has 0 aliphatic heterocycles. The molecule has 4 aromatic heterocycles.